The molecule has 0 saturated heterocycles. The predicted molar refractivity (Wildman–Crippen MR) is 88.0 cm³/mol. The number of benzene rings is 1. The van der Waals surface area contributed by atoms with Crippen LogP contribution in [-0.4, -0.2) is 12.6 Å². The lowest BCUT2D eigenvalue weighted by atomic mass is 9.93. The van der Waals surface area contributed by atoms with Crippen LogP contribution in [0.15, 0.2) is 24.3 Å². The fourth-order valence-corrected chi connectivity index (χ4v) is 2.91. The summed E-state index contributed by atoms with van der Waals surface area (Å²) in [5, 5.41) is 3.63. The van der Waals surface area contributed by atoms with Gasteiger partial charge in [0.1, 0.15) is 5.82 Å². The first-order valence-corrected chi connectivity index (χ1v) is 8.76. The highest BCUT2D eigenvalue weighted by molar-refractivity contribution is 5.17. The molecule has 1 atom stereocenters. The molecule has 1 aromatic carbocycles. The van der Waals surface area contributed by atoms with Crippen LogP contribution < -0.4 is 5.32 Å². The van der Waals surface area contributed by atoms with Gasteiger partial charge in [-0.05, 0) is 49.8 Å². The molecule has 0 radical (unpaired) electrons. The largest absolute Gasteiger partial charge is 0.314 e. The van der Waals surface area contributed by atoms with E-state index < -0.39 is 0 Å². The molecule has 21 heavy (non-hydrogen) atoms. The number of nitrogens with one attached hydrogen (secondary N) is 1. The average molecular weight is 291 g/mol. The van der Waals surface area contributed by atoms with Crippen molar-refractivity contribution >= 4 is 0 Å². The summed E-state index contributed by atoms with van der Waals surface area (Å²) in [6.07, 6.45) is 11.3. The molecule has 1 aliphatic carbocycles. The van der Waals surface area contributed by atoms with E-state index in [1.807, 2.05) is 12.1 Å². The molecule has 2 heteroatoms. The Morgan fingerprint density at radius 3 is 2.62 bits per heavy atom. The lowest BCUT2D eigenvalue weighted by Crippen LogP contribution is -2.26. The summed E-state index contributed by atoms with van der Waals surface area (Å²) < 4.78 is 13.8. The summed E-state index contributed by atoms with van der Waals surface area (Å²) in [4.78, 5) is 0. The zero-order chi connectivity index (χ0) is 14.9. The molecule has 1 aromatic rings. The Morgan fingerprint density at radius 1 is 1.14 bits per heavy atom. The Labute approximate surface area is 129 Å². The van der Waals surface area contributed by atoms with E-state index in [2.05, 4.69) is 12.2 Å². The van der Waals surface area contributed by atoms with Crippen molar-refractivity contribution in [2.45, 2.75) is 70.8 Å². The van der Waals surface area contributed by atoms with Gasteiger partial charge in [-0.3, -0.25) is 0 Å². The van der Waals surface area contributed by atoms with Gasteiger partial charge in [0.2, 0.25) is 0 Å². The van der Waals surface area contributed by atoms with Crippen LogP contribution in [-0.2, 0) is 6.42 Å². The molecule has 1 nitrogen and oxygen atoms in total. The lowest BCUT2D eigenvalue weighted by molar-refractivity contribution is 0.413. The Balaban J connectivity index is 1.77. The molecule has 0 bridgehead atoms. The fraction of sp³-hybridized carbons (Fsp3) is 0.684. The second kappa shape index (κ2) is 9.19. The van der Waals surface area contributed by atoms with E-state index in [0.29, 0.717) is 5.92 Å². The standard InChI is InChI=1S/C19H30FN/c1-2-3-4-5-6-9-16(15-21-18-12-13-18)14-17-10-7-8-11-19(17)20/h7-8,10-11,16,18,21H,2-6,9,12-15H2,1H3. The van der Waals surface area contributed by atoms with Gasteiger partial charge in [0, 0.05) is 6.04 Å². The smallest absolute Gasteiger partial charge is 0.126 e. The van der Waals surface area contributed by atoms with Crippen LogP contribution in [0.3, 0.4) is 0 Å². The van der Waals surface area contributed by atoms with Crippen LogP contribution in [0.2, 0.25) is 0 Å². The maximum atomic E-state index is 13.8. The molecule has 0 heterocycles. The quantitative estimate of drug-likeness (QED) is 0.559. The van der Waals surface area contributed by atoms with Crippen LogP contribution in [0.25, 0.3) is 0 Å². The number of unbranched alkanes of at least 4 members (excludes halogenated alkanes) is 4. The van der Waals surface area contributed by atoms with Crippen molar-refractivity contribution in [2.24, 2.45) is 5.92 Å². The summed E-state index contributed by atoms with van der Waals surface area (Å²) in [7, 11) is 0. The van der Waals surface area contributed by atoms with Gasteiger partial charge in [-0.2, -0.15) is 0 Å². The van der Waals surface area contributed by atoms with Crippen molar-refractivity contribution in [1.29, 1.82) is 0 Å². The third-order valence-electron chi connectivity index (χ3n) is 4.45. The lowest BCUT2D eigenvalue weighted by Gasteiger charge is -2.18. The highest BCUT2D eigenvalue weighted by Crippen LogP contribution is 2.22. The Morgan fingerprint density at radius 2 is 1.90 bits per heavy atom. The minimum Gasteiger partial charge on any atom is -0.314 e. The minimum atomic E-state index is -0.0418. The van der Waals surface area contributed by atoms with Crippen LogP contribution >= 0.6 is 0 Å². The second-order valence-corrected chi connectivity index (χ2v) is 6.55. The summed E-state index contributed by atoms with van der Waals surface area (Å²) in [5.41, 5.74) is 0.883. The maximum Gasteiger partial charge on any atom is 0.126 e. The van der Waals surface area contributed by atoms with Gasteiger partial charge < -0.3 is 5.32 Å². The normalized spacial score (nSPS) is 16.1. The first kappa shape index (κ1) is 16.5. The third kappa shape index (κ3) is 6.60. The highest BCUT2D eigenvalue weighted by Gasteiger charge is 2.22. The summed E-state index contributed by atoms with van der Waals surface area (Å²) in [5.74, 6) is 0.532. The van der Waals surface area contributed by atoms with E-state index in [4.69, 9.17) is 0 Å². The monoisotopic (exact) mass is 291 g/mol. The first-order valence-electron chi connectivity index (χ1n) is 8.76. The summed E-state index contributed by atoms with van der Waals surface area (Å²) in [6, 6.07) is 8.00. The van der Waals surface area contributed by atoms with Crippen LogP contribution in [0.1, 0.15) is 63.9 Å². The molecular weight excluding hydrogens is 261 g/mol. The van der Waals surface area contributed by atoms with E-state index in [9.17, 15) is 4.39 Å². The average Bonchev–Trinajstić information content (AvgIpc) is 3.30. The van der Waals surface area contributed by atoms with Crippen molar-refractivity contribution in [2.75, 3.05) is 6.54 Å². The van der Waals surface area contributed by atoms with Gasteiger partial charge >= 0.3 is 0 Å². The van der Waals surface area contributed by atoms with Crippen LogP contribution in [0.4, 0.5) is 4.39 Å². The van der Waals surface area contributed by atoms with Gasteiger partial charge in [0.15, 0.2) is 0 Å². The molecule has 1 unspecified atom stereocenters. The minimum absolute atomic E-state index is 0.0418. The Hall–Kier alpha value is -0.890. The number of rotatable bonds is 11. The molecule has 118 valence electrons. The van der Waals surface area contributed by atoms with E-state index in [1.165, 1.54) is 51.4 Å². The topological polar surface area (TPSA) is 12.0 Å². The molecule has 0 spiro atoms. The summed E-state index contributed by atoms with van der Waals surface area (Å²) >= 11 is 0. The third-order valence-corrected chi connectivity index (χ3v) is 4.45. The van der Waals surface area contributed by atoms with E-state index in [0.717, 1.165) is 24.6 Å². The van der Waals surface area contributed by atoms with Crippen LogP contribution in [0, 0.1) is 11.7 Å². The van der Waals surface area contributed by atoms with Crippen molar-refractivity contribution in [3.8, 4) is 0 Å². The number of hydrogen-bond acceptors (Lipinski definition) is 1. The Kier molecular flexibility index (Phi) is 7.21. The fourth-order valence-electron chi connectivity index (χ4n) is 2.91. The molecule has 2 rings (SSSR count). The van der Waals surface area contributed by atoms with Gasteiger partial charge in [0.25, 0.3) is 0 Å². The number of halogens is 1. The molecule has 0 aliphatic heterocycles. The molecule has 1 aliphatic rings. The predicted octanol–water partition coefficient (Wildman–Crippen LogP) is 5.10. The van der Waals surface area contributed by atoms with Crippen molar-refractivity contribution in [3.63, 3.8) is 0 Å². The highest BCUT2D eigenvalue weighted by atomic mass is 19.1. The van der Waals surface area contributed by atoms with E-state index in [-0.39, 0.29) is 5.82 Å². The molecule has 0 amide bonds. The second-order valence-electron chi connectivity index (χ2n) is 6.55. The summed E-state index contributed by atoms with van der Waals surface area (Å²) in [6.45, 7) is 3.30. The number of hydrogen-bond donors (Lipinski definition) is 1. The van der Waals surface area contributed by atoms with Gasteiger partial charge in [-0.1, -0.05) is 57.2 Å². The molecular formula is C19H30FN. The molecule has 1 saturated carbocycles. The van der Waals surface area contributed by atoms with Gasteiger partial charge in [-0.15, -0.1) is 0 Å². The van der Waals surface area contributed by atoms with Gasteiger partial charge in [-0.25, -0.2) is 4.39 Å². The SMILES string of the molecule is CCCCCCCC(CNC1CC1)Cc1ccccc1F. The van der Waals surface area contributed by atoms with Crippen molar-refractivity contribution in [1.82, 2.24) is 5.32 Å². The van der Waals surface area contributed by atoms with Crippen molar-refractivity contribution < 1.29 is 4.39 Å². The molecule has 1 N–H and O–H groups in total. The molecule has 1 fully saturated rings. The molecule has 0 aromatic heterocycles. The Bertz CT molecular complexity index is 400. The van der Waals surface area contributed by atoms with E-state index in [1.54, 1.807) is 12.1 Å². The van der Waals surface area contributed by atoms with Crippen LogP contribution in [0.5, 0.6) is 0 Å². The van der Waals surface area contributed by atoms with Gasteiger partial charge in [0.05, 0.1) is 0 Å². The zero-order valence-corrected chi connectivity index (χ0v) is 13.4. The first-order chi connectivity index (χ1) is 10.3. The van der Waals surface area contributed by atoms with Crippen molar-refractivity contribution in [3.05, 3.63) is 35.6 Å². The zero-order valence-electron chi connectivity index (χ0n) is 13.4. The van der Waals surface area contributed by atoms with E-state index >= 15 is 0 Å². The maximum absolute atomic E-state index is 13.8.